The van der Waals surface area contributed by atoms with Crippen LogP contribution in [0.2, 0.25) is 0 Å². The first-order valence-electron chi connectivity index (χ1n) is 15.2. The lowest BCUT2D eigenvalue weighted by Gasteiger charge is -2.32. The van der Waals surface area contributed by atoms with Crippen LogP contribution in [0, 0.1) is 5.82 Å². The molecule has 6 atom stereocenters. The highest BCUT2D eigenvalue weighted by atomic mass is 32.1. The van der Waals surface area contributed by atoms with Crippen LogP contribution < -0.4 is 4.90 Å². The summed E-state index contributed by atoms with van der Waals surface area (Å²) in [5, 5.41) is 42.3. The number of nitrogens with zero attached hydrogens (tertiary/aromatic N) is 1. The zero-order valence-electron chi connectivity index (χ0n) is 24.6. The lowest BCUT2D eigenvalue weighted by atomic mass is 9.91. The number of anilines is 1. The third-order valence-electron chi connectivity index (χ3n) is 8.64. The zero-order chi connectivity index (χ0) is 31.5. The SMILES string of the molecule is OCC1CC(O)CC(c2ccc(-c3ccc(C4C(CCC(O)c5ccc(F)cc5)OC(=S)N4c4ccccc4)c(O)c3)cc2)O1. The van der Waals surface area contributed by atoms with Crippen molar-refractivity contribution in [3.8, 4) is 16.9 Å². The number of phenolic OH excluding ortho intramolecular Hbond substituents is 1. The van der Waals surface area contributed by atoms with Crippen LogP contribution >= 0.6 is 12.2 Å². The number of aliphatic hydroxyl groups is 3. The second kappa shape index (κ2) is 13.6. The molecule has 2 fully saturated rings. The molecule has 4 aromatic rings. The van der Waals surface area contributed by atoms with Crippen molar-refractivity contribution in [3.05, 3.63) is 120 Å². The highest BCUT2D eigenvalue weighted by Gasteiger charge is 2.42. The van der Waals surface area contributed by atoms with Gasteiger partial charge in [0.2, 0.25) is 0 Å². The van der Waals surface area contributed by atoms with Crippen molar-refractivity contribution in [1.82, 2.24) is 0 Å². The van der Waals surface area contributed by atoms with Gasteiger partial charge in [-0.2, -0.15) is 0 Å². The van der Waals surface area contributed by atoms with Crippen molar-refractivity contribution < 1.29 is 34.3 Å². The van der Waals surface area contributed by atoms with E-state index in [-0.39, 0.29) is 35.6 Å². The molecule has 2 heterocycles. The predicted molar refractivity (Wildman–Crippen MR) is 173 cm³/mol. The largest absolute Gasteiger partial charge is 0.508 e. The molecule has 0 aromatic heterocycles. The average molecular weight is 630 g/mol. The molecule has 6 rings (SSSR count). The summed E-state index contributed by atoms with van der Waals surface area (Å²) in [6, 6.07) is 28.3. The Bertz CT molecular complexity index is 1600. The summed E-state index contributed by atoms with van der Waals surface area (Å²) in [4.78, 5) is 1.89. The normalized spacial score (nSPS) is 24.0. The number of halogens is 1. The van der Waals surface area contributed by atoms with Crippen molar-refractivity contribution in [1.29, 1.82) is 0 Å². The number of rotatable bonds is 9. The fraction of sp³-hybridized carbons (Fsp3) is 0.306. The molecule has 2 aliphatic heterocycles. The lowest BCUT2D eigenvalue weighted by molar-refractivity contribution is -0.113. The third kappa shape index (κ3) is 6.88. The van der Waals surface area contributed by atoms with E-state index in [1.165, 1.54) is 12.1 Å². The van der Waals surface area contributed by atoms with E-state index in [2.05, 4.69) is 0 Å². The summed E-state index contributed by atoms with van der Waals surface area (Å²) >= 11 is 5.68. The number of aromatic hydroxyl groups is 1. The number of ether oxygens (including phenoxy) is 2. The van der Waals surface area contributed by atoms with Gasteiger partial charge in [-0.25, -0.2) is 4.39 Å². The third-order valence-corrected chi connectivity index (χ3v) is 8.93. The van der Waals surface area contributed by atoms with Crippen molar-refractivity contribution in [2.75, 3.05) is 11.5 Å². The average Bonchev–Trinajstić information content (AvgIpc) is 3.39. The van der Waals surface area contributed by atoms with Crippen molar-refractivity contribution in [3.63, 3.8) is 0 Å². The van der Waals surface area contributed by atoms with E-state index in [0.29, 0.717) is 36.8 Å². The molecule has 2 aliphatic rings. The number of thiocarbonyl (C=S) groups is 1. The van der Waals surface area contributed by atoms with Gasteiger partial charge in [-0.15, -0.1) is 0 Å². The molecule has 0 aliphatic carbocycles. The van der Waals surface area contributed by atoms with Crippen LogP contribution in [-0.2, 0) is 9.47 Å². The molecule has 0 radical (unpaired) electrons. The first-order chi connectivity index (χ1) is 21.8. The van der Waals surface area contributed by atoms with E-state index in [1.54, 1.807) is 18.2 Å². The van der Waals surface area contributed by atoms with Gasteiger partial charge in [0, 0.05) is 24.1 Å². The minimum Gasteiger partial charge on any atom is -0.508 e. The van der Waals surface area contributed by atoms with Gasteiger partial charge < -0.3 is 29.9 Å². The number of aliphatic hydroxyl groups excluding tert-OH is 3. The molecule has 0 amide bonds. The summed E-state index contributed by atoms with van der Waals surface area (Å²) in [7, 11) is 0. The fourth-order valence-electron chi connectivity index (χ4n) is 6.30. The van der Waals surface area contributed by atoms with Crippen LogP contribution in [0.3, 0.4) is 0 Å². The monoisotopic (exact) mass is 629 g/mol. The molecule has 2 saturated heterocycles. The van der Waals surface area contributed by atoms with Gasteiger partial charge in [0.05, 0.1) is 31.0 Å². The van der Waals surface area contributed by atoms with Gasteiger partial charge in [0.25, 0.3) is 5.17 Å². The quantitative estimate of drug-likeness (QED) is 0.155. The van der Waals surface area contributed by atoms with Crippen LogP contribution in [-0.4, -0.2) is 50.5 Å². The van der Waals surface area contributed by atoms with Crippen LogP contribution in [0.15, 0.2) is 97.1 Å². The minimum atomic E-state index is -0.815. The smallest absolute Gasteiger partial charge is 0.264 e. The Hall–Kier alpha value is -3.86. The summed E-state index contributed by atoms with van der Waals surface area (Å²) in [6.45, 7) is -0.134. The van der Waals surface area contributed by atoms with Crippen LogP contribution in [0.4, 0.5) is 10.1 Å². The maximum Gasteiger partial charge on any atom is 0.264 e. The van der Waals surface area contributed by atoms with E-state index in [1.807, 2.05) is 71.6 Å². The van der Waals surface area contributed by atoms with E-state index in [9.17, 15) is 24.8 Å². The van der Waals surface area contributed by atoms with Gasteiger partial charge in [0.1, 0.15) is 23.7 Å². The number of hydrogen-bond donors (Lipinski definition) is 4. The molecule has 7 nitrogen and oxygen atoms in total. The summed E-state index contributed by atoms with van der Waals surface area (Å²) in [5.74, 6) is -0.275. The molecular weight excluding hydrogens is 593 g/mol. The molecule has 6 unspecified atom stereocenters. The number of phenols is 1. The first kappa shape index (κ1) is 31.1. The number of benzene rings is 4. The van der Waals surface area contributed by atoms with E-state index < -0.39 is 24.4 Å². The Kier molecular flexibility index (Phi) is 9.44. The molecule has 4 N–H and O–H groups in total. The van der Waals surface area contributed by atoms with Gasteiger partial charge >= 0.3 is 0 Å². The molecule has 234 valence electrons. The molecule has 0 bridgehead atoms. The van der Waals surface area contributed by atoms with Gasteiger partial charge in [-0.3, -0.25) is 4.90 Å². The van der Waals surface area contributed by atoms with Crippen LogP contribution in [0.25, 0.3) is 11.1 Å². The standard InChI is InChI=1S/C36H36FNO6S/c37-26-13-10-23(11-14-26)31(41)16-17-33-35(38(36(45)44-33)27-4-2-1-3-5-27)30-15-12-25(18-32(30)42)22-6-8-24(9-7-22)34-20-28(40)19-29(21-39)43-34/h1-15,18,28-29,31,33-35,39-42H,16-17,19-21H2. The molecule has 0 saturated carbocycles. The van der Waals surface area contributed by atoms with Crippen LogP contribution in [0.1, 0.15) is 60.6 Å². The van der Waals surface area contributed by atoms with E-state index >= 15 is 0 Å². The predicted octanol–water partition coefficient (Wildman–Crippen LogP) is 6.52. The number of hydrogen-bond acceptors (Lipinski definition) is 7. The fourth-order valence-corrected chi connectivity index (χ4v) is 6.64. The Morgan fingerprint density at radius 2 is 1.62 bits per heavy atom. The van der Waals surface area contributed by atoms with E-state index in [0.717, 1.165) is 22.4 Å². The molecule has 45 heavy (non-hydrogen) atoms. The van der Waals surface area contributed by atoms with Gasteiger partial charge in [-0.05, 0) is 77.6 Å². The van der Waals surface area contributed by atoms with Crippen molar-refractivity contribution >= 4 is 23.1 Å². The zero-order valence-corrected chi connectivity index (χ0v) is 25.4. The topological polar surface area (TPSA) is 103 Å². The van der Waals surface area contributed by atoms with Crippen molar-refractivity contribution in [2.45, 2.75) is 62.2 Å². The molecule has 0 spiro atoms. The minimum absolute atomic E-state index is 0.0874. The Morgan fingerprint density at radius 1 is 0.911 bits per heavy atom. The Balaban J connectivity index is 1.25. The van der Waals surface area contributed by atoms with Gasteiger partial charge in [-0.1, -0.05) is 66.7 Å². The Labute approximate surface area is 267 Å². The second-order valence-corrected chi connectivity index (χ2v) is 12.0. The Morgan fingerprint density at radius 3 is 2.31 bits per heavy atom. The van der Waals surface area contributed by atoms with E-state index in [4.69, 9.17) is 21.7 Å². The van der Waals surface area contributed by atoms with Crippen LogP contribution in [0.5, 0.6) is 5.75 Å². The summed E-state index contributed by atoms with van der Waals surface area (Å²) in [5.41, 5.74) is 4.71. The maximum atomic E-state index is 13.4. The highest BCUT2D eigenvalue weighted by Crippen LogP contribution is 2.44. The second-order valence-electron chi connectivity index (χ2n) is 11.7. The highest BCUT2D eigenvalue weighted by molar-refractivity contribution is 7.80. The molecular formula is C36H36FNO6S. The summed E-state index contributed by atoms with van der Waals surface area (Å²) in [6.07, 6.45) is -0.814. The first-order valence-corrected chi connectivity index (χ1v) is 15.6. The lowest BCUT2D eigenvalue weighted by Crippen LogP contribution is -2.33. The molecule has 4 aromatic carbocycles. The summed E-state index contributed by atoms with van der Waals surface area (Å²) < 4.78 is 25.6. The van der Waals surface area contributed by atoms with Gasteiger partial charge in [0.15, 0.2) is 0 Å². The van der Waals surface area contributed by atoms with Crippen molar-refractivity contribution in [2.24, 2.45) is 0 Å². The maximum absolute atomic E-state index is 13.4. The number of para-hydroxylation sites is 1. The molecule has 9 heteroatoms.